The predicted octanol–water partition coefficient (Wildman–Crippen LogP) is 5.74. The minimum absolute atomic E-state index is 0.202. The van der Waals surface area contributed by atoms with Crippen molar-refractivity contribution < 1.29 is 0 Å². The molecule has 4 nitrogen and oxygen atoms in total. The summed E-state index contributed by atoms with van der Waals surface area (Å²) in [6.45, 7) is 11.2. The van der Waals surface area contributed by atoms with Crippen molar-refractivity contribution in [3.05, 3.63) is 77.1 Å². The molecule has 2 aromatic carbocycles. The number of hydrogen-bond donors (Lipinski definition) is 0. The fourth-order valence-corrected chi connectivity index (χ4v) is 5.97. The Balaban J connectivity index is 1.47. The van der Waals surface area contributed by atoms with Crippen LogP contribution in [0, 0.1) is 18.8 Å². The van der Waals surface area contributed by atoms with Crippen LogP contribution in [0.15, 0.2) is 54.7 Å². The highest BCUT2D eigenvalue weighted by molar-refractivity contribution is 5.62. The van der Waals surface area contributed by atoms with E-state index in [-0.39, 0.29) is 5.41 Å². The molecule has 162 valence electrons. The number of anilines is 1. The summed E-state index contributed by atoms with van der Waals surface area (Å²) in [6.07, 6.45) is 6.04. The summed E-state index contributed by atoms with van der Waals surface area (Å²) in [5.41, 5.74) is 6.75. The van der Waals surface area contributed by atoms with Crippen LogP contribution in [0.5, 0.6) is 0 Å². The van der Waals surface area contributed by atoms with Crippen molar-refractivity contribution in [2.24, 2.45) is 11.8 Å². The average Bonchev–Trinajstić information content (AvgIpc) is 3.19. The number of fused-ring (bicyclic) bond motifs is 2. The number of aromatic nitrogens is 3. The lowest BCUT2D eigenvalue weighted by Crippen LogP contribution is -2.54. The molecule has 0 bridgehead atoms. The lowest BCUT2D eigenvalue weighted by molar-refractivity contribution is 0.151. The second-order valence-corrected chi connectivity index (χ2v) is 10.4. The lowest BCUT2D eigenvalue weighted by Gasteiger charge is -2.55. The zero-order chi connectivity index (χ0) is 21.6. The molecule has 0 N–H and O–H groups in total. The van der Waals surface area contributed by atoms with Gasteiger partial charge in [-0.3, -0.25) is 0 Å². The van der Waals surface area contributed by atoms with Crippen LogP contribution in [0.25, 0.3) is 0 Å². The van der Waals surface area contributed by atoms with Crippen LogP contribution in [0.4, 0.5) is 5.69 Å². The molecule has 1 aliphatic heterocycles. The van der Waals surface area contributed by atoms with Crippen molar-refractivity contribution in [2.45, 2.75) is 71.5 Å². The summed E-state index contributed by atoms with van der Waals surface area (Å²) >= 11 is 0. The molecule has 4 heteroatoms. The third-order valence-corrected chi connectivity index (χ3v) is 7.67. The van der Waals surface area contributed by atoms with Crippen molar-refractivity contribution in [2.75, 3.05) is 4.90 Å². The number of hydrogen-bond acceptors (Lipinski definition) is 3. The molecule has 0 spiro atoms. The molecule has 1 fully saturated rings. The van der Waals surface area contributed by atoms with E-state index in [2.05, 4.69) is 97.6 Å². The third kappa shape index (κ3) is 3.77. The molecular formula is C27H34N4. The van der Waals surface area contributed by atoms with Gasteiger partial charge in [0, 0.05) is 11.7 Å². The zero-order valence-corrected chi connectivity index (χ0v) is 19.3. The van der Waals surface area contributed by atoms with E-state index in [9.17, 15) is 0 Å². The van der Waals surface area contributed by atoms with Crippen molar-refractivity contribution in [1.82, 2.24) is 15.0 Å². The molecule has 3 aromatic rings. The normalized spacial score (nSPS) is 24.5. The van der Waals surface area contributed by atoms with Crippen LogP contribution in [0.2, 0.25) is 0 Å². The maximum absolute atomic E-state index is 4.56. The Morgan fingerprint density at radius 3 is 2.65 bits per heavy atom. The van der Waals surface area contributed by atoms with Gasteiger partial charge < -0.3 is 4.90 Å². The summed E-state index contributed by atoms with van der Waals surface area (Å²) in [6, 6.07) is 18.1. The van der Waals surface area contributed by atoms with Gasteiger partial charge in [0.25, 0.3) is 0 Å². The standard InChI is InChI=1S/C27H34N4/c1-19-11-13-25-24(14-19)27(3,4)23-12-10-20(2)15-26(23)31(25)18-22-17-30(29-28-22)16-21-8-6-5-7-9-21/h5-9,11,13-14,17,20,23,26H,10,12,15-16,18H2,1-4H3. The quantitative estimate of drug-likeness (QED) is 0.546. The van der Waals surface area contributed by atoms with Crippen LogP contribution in [-0.2, 0) is 18.5 Å². The van der Waals surface area contributed by atoms with Crippen LogP contribution in [0.3, 0.4) is 0 Å². The van der Waals surface area contributed by atoms with Gasteiger partial charge in [-0.05, 0) is 54.2 Å². The predicted molar refractivity (Wildman–Crippen MR) is 126 cm³/mol. The van der Waals surface area contributed by atoms with Gasteiger partial charge in [0.1, 0.15) is 5.69 Å². The molecular weight excluding hydrogens is 380 g/mol. The topological polar surface area (TPSA) is 34.0 Å². The molecule has 1 aromatic heterocycles. The average molecular weight is 415 g/mol. The highest BCUT2D eigenvalue weighted by Crippen LogP contribution is 2.52. The smallest absolute Gasteiger partial charge is 0.102 e. The first-order chi connectivity index (χ1) is 14.9. The summed E-state index contributed by atoms with van der Waals surface area (Å²) in [7, 11) is 0. The van der Waals surface area contributed by atoms with E-state index in [0.717, 1.165) is 24.7 Å². The highest BCUT2D eigenvalue weighted by atomic mass is 15.4. The van der Waals surface area contributed by atoms with Gasteiger partial charge in [-0.1, -0.05) is 80.4 Å². The van der Waals surface area contributed by atoms with Gasteiger partial charge in [0.15, 0.2) is 0 Å². The lowest BCUT2D eigenvalue weighted by atomic mass is 9.60. The van der Waals surface area contributed by atoms with E-state index in [1.54, 1.807) is 0 Å². The van der Waals surface area contributed by atoms with Crippen LogP contribution < -0.4 is 4.90 Å². The SMILES string of the molecule is Cc1ccc2c(c1)C(C)(C)C1CCC(C)CC1N2Cc1cn(Cc2ccccc2)nn1. The molecule has 0 radical (unpaired) electrons. The van der Waals surface area contributed by atoms with Gasteiger partial charge in [0.05, 0.1) is 19.3 Å². The van der Waals surface area contributed by atoms with Gasteiger partial charge in [-0.25, -0.2) is 4.68 Å². The molecule has 2 aliphatic rings. The van der Waals surface area contributed by atoms with E-state index in [1.165, 1.54) is 41.6 Å². The first-order valence-corrected chi connectivity index (χ1v) is 11.7. The van der Waals surface area contributed by atoms with Crippen molar-refractivity contribution in [1.29, 1.82) is 0 Å². The Morgan fingerprint density at radius 2 is 1.84 bits per heavy atom. The fourth-order valence-electron chi connectivity index (χ4n) is 5.97. The first-order valence-electron chi connectivity index (χ1n) is 11.7. The molecule has 0 saturated heterocycles. The number of rotatable bonds is 4. The van der Waals surface area contributed by atoms with Gasteiger partial charge in [-0.2, -0.15) is 0 Å². The monoisotopic (exact) mass is 414 g/mol. The molecule has 0 amide bonds. The van der Waals surface area contributed by atoms with E-state index >= 15 is 0 Å². The van der Waals surface area contributed by atoms with E-state index in [4.69, 9.17) is 0 Å². The van der Waals surface area contributed by atoms with Crippen LogP contribution >= 0.6 is 0 Å². The summed E-state index contributed by atoms with van der Waals surface area (Å²) in [5.74, 6) is 1.46. The van der Waals surface area contributed by atoms with Crippen LogP contribution in [-0.4, -0.2) is 21.0 Å². The Kier molecular flexibility index (Phi) is 5.11. The Labute approximate surface area is 186 Å². The summed E-state index contributed by atoms with van der Waals surface area (Å²) in [4.78, 5) is 2.65. The van der Waals surface area contributed by atoms with Gasteiger partial charge in [-0.15, -0.1) is 5.10 Å². The number of aryl methyl sites for hydroxylation is 1. The number of benzene rings is 2. The largest absolute Gasteiger partial charge is 0.362 e. The summed E-state index contributed by atoms with van der Waals surface area (Å²) in [5, 5.41) is 9.00. The molecule has 1 saturated carbocycles. The van der Waals surface area contributed by atoms with Gasteiger partial charge in [0.2, 0.25) is 0 Å². The maximum Gasteiger partial charge on any atom is 0.102 e. The molecule has 5 rings (SSSR count). The van der Waals surface area contributed by atoms with Gasteiger partial charge >= 0.3 is 0 Å². The third-order valence-electron chi connectivity index (χ3n) is 7.67. The molecule has 3 atom stereocenters. The highest BCUT2D eigenvalue weighted by Gasteiger charge is 2.47. The molecule has 1 aliphatic carbocycles. The molecule has 3 unspecified atom stereocenters. The van der Waals surface area contributed by atoms with Crippen LogP contribution in [0.1, 0.15) is 62.4 Å². The minimum atomic E-state index is 0.202. The number of nitrogens with zero attached hydrogens (tertiary/aromatic N) is 4. The maximum atomic E-state index is 4.56. The first kappa shape index (κ1) is 20.3. The summed E-state index contributed by atoms with van der Waals surface area (Å²) < 4.78 is 1.97. The van der Waals surface area contributed by atoms with E-state index in [0.29, 0.717) is 12.0 Å². The molecule has 2 heterocycles. The Morgan fingerprint density at radius 1 is 1.03 bits per heavy atom. The van der Waals surface area contributed by atoms with E-state index < -0.39 is 0 Å². The minimum Gasteiger partial charge on any atom is -0.362 e. The van der Waals surface area contributed by atoms with Crippen molar-refractivity contribution in [3.63, 3.8) is 0 Å². The molecule has 31 heavy (non-hydrogen) atoms. The second kappa shape index (κ2) is 7.81. The fraction of sp³-hybridized carbons (Fsp3) is 0.481. The second-order valence-electron chi connectivity index (χ2n) is 10.4. The zero-order valence-electron chi connectivity index (χ0n) is 19.3. The Hall–Kier alpha value is -2.62. The Bertz CT molecular complexity index is 1050. The van der Waals surface area contributed by atoms with Crippen molar-refractivity contribution >= 4 is 5.69 Å². The van der Waals surface area contributed by atoms with E-state index in [1.807, 2.05) is 4.68 Å². The van der Waals surface area contributed by atoms with Crippen molar-refractivity contribution in [3.8, 4) is 0 Å².